The molecule has 0 amide bonds. The number of likely N-dealkylation sites (N-methyl/N-ethyl adjacent to an activating group) is 1. The van der Waals surface area contributed by atoms with Gasteiger partial charge in [0.2, 0.25) is 5.88 Å². The summed E-state index contributed by atoms with van der Waals surface area (Å²) in [5, 5.41) is 12.8. The number of rotatable bonds is 9. The van der Waals surface area contributed by atoms with E-state index in [9.17, 15) is 5.11 Å². The lowest BCUT2D eigenvalue weighted by Crippen LogP contribution is -2.34. The number of ether oxygens (including phenoxy) is 1. The molecule has 0 aliphatic rings. The van der Waals surface area contributed by atoms with E-state index in [1.165, 1.54) is 0 Å². The highest BCUT2D eigenvalue weighted by Crippen LogP contribution is 2.14. The Morgan fingerprint density at radius 1 is 1.37 bits per heavy atom. The van der Waals surface area contributed by atoms with Gasteiger partial charge in [-0.25, -0.2) is 4.98 Å². The number of methoxy groups -OCH3 is 1. The van der Waals surface area contributed by atoms with Crippen LogP contribution in [-0.2, 0) is 0 Å². The average Bonchev–Trinajstić information content (AvgIpc) is 2.48. The van der Waals surface area contributed by atoms with Gasteiger partial charge in [0.1, 0.15) is 0 Å². The molecule has 1 aromatic rings. The van der Waals surface area contributed by atoms with E-state index in [-0.39, 0.29) is 12.6 Å². The van der Waals surface area contributed by atoms with Crippen molar-refractivity contribution in [3.05, 3.63) is 23.9 Å². The van der Waals surface area contributed by atoms with Gasteiger partial charge in [-0.3, -0.25) is 0 Å². The molecule has 0 radical (unpaired) electrons. The molecule has 1 heterocycles. The molecule has 108 valence electrons. The molecule has 1 rings (SSSR count). The second-order valence-electron chi connectivity index (χ2n) is 4.35. The molecule has 1 unspecified atom stereocenters. The first-order valence-electron chi connectivity index (χ1n) is 6.81. The fourth-order valence-electron chi connectivity index (χ4n) is 1.94. The molecule has 5 nitrogen and oxygen atoms in total. The van der Waals surface area contributed by atoms with E-state index in [1.807, 2.05) is 12.1 Å². The lowest BCUT2D eigenvalue weighted by atomic mass is 10.1. The zero-order chi connectivity index (χ0) is 14.1. The van der Waals surface area contributed by atoms with E-state index in [0.29, 0.717) is 5.88 Å². The molecule has 5 heteroatoms. The van der Waals surface area contributed by atoms with Gasteiger partial charge < -0.3 is 20.1 Å². The first kappa shape index (κ1) is 15.9. The molecule has 1 aromatic heterocycles. The molecule has 0 aliphatic heterocycles. The summed E-state index contributed by atoms with van der Waals surface area (Å²) in [5.41, 5.74) is 0.975. The maximum atomic E-state index is 9.45. The van der Waals surface area contributed by atoms with Crippen LogP contribution in [0.5, 0.6) is 5.88 Å². The summed E-state index contributed by atoms with van der Waals surface area (Å²) < 4.78 is 5.02. The van der Waals surface area contributed by atoms with Crippen molar-refractivity contribution in [2.45, 2.75) is 19.9 Å². The van der Waals surface area contributed by atoms with Gasteiger partial charge in [-0.2, -0.15) is 0 Å². The van der Waals surface area contributed by atoms with Gasteiger partial charge in [-0.05, 0) is 18.7 Å². The summed E-state index contributed by atoms with van der Waals surface area (Å²) in [4.78, 5) is 6.50. The van der Waals surface area contributed by atoms with Gasteiger partial charge >= 0.3 is 0 Å². The third-order valence-electron chi connectivity index (χ3n) is 3.27. The molecule has 0 aromatic carbocycles. The Labute approximate surface area is 115 Å². The highest BCUT2D eigenvalue weighted by atomic mass is 16.5. The second kappa shape index (κ2) is 8.85. The van der Waals surface area contributed by atoms with E-state index in [1.54, 1.807) is 13.3 Å². The van der Waals surface area contributed by atoms with E-state index in [4.69, 9.17) is 4.74 Å². The highest BCUT2D eigenvalue weighted by molar-refractivity contribution is 5.20. The van der Waals surface area contributed by atoms with E-state index in [0.717, 1.165) is 31.7 Å². The topological polar surface area (TPSA) is 57.6 Å². The summed E-state index contributed by atoms with van der Waals surface area (Å²) >= 11 is 0. The van der Waals surface area contributed by atoms with Crippen LogP contribution in [-0.4, -0.2) is 54.9 Å². The number of aliphatic hydroxyl groups is 1. The van der Waals surface area contributed by atoms with E-state index >= 15 is 0 Å². The molecular weight excluding hydrogens is 242 g/mol. The standard InChI is InChI=1S/C14H25N3O2/c1-4-17(5-2)9-8-15-13(11-18)12-6-7-14(19-3)16-10-12/h6-7,10,13,15,18H,4-5,8-9,11H2,1-3H3. The number of hydrogen-bond donors (Lipinski definition) is 2. The van der Waals surface area contributed by atoms with Crippen LogP contribution >= 0.6 is 0 Å². The Morgan fingerprint density at radius 2 is 2.11 bits per heavy atom. The fourth-order valence-corrected chi connectivity index (χ4v) is 1.94. The third-order valence-corrected chi connectivity index (χ3v) is 3.27. The lowest BCUT2D eigenvalue weighted by molar-refractivity contribution is 0.233. The highest BCUT2D eigenvalue weighted by Gasteiger charge is 2.10. The van der Waals surface area contributed by atoms with Crippen molar-refractivity contribution in [3.8, 4) is 5.88 Å². The van der Waals surface area contributed by atoms with Crippen molar-refractivity contribution >= 4 is 0 Å². The Bertz CT molecular complexity index is 339. The normalized spacial score (nSPS) is 12.7. The van der Waals surface area contributed by atoms with E-state index in [2.05, 4.69) is 29.0 Å². The van der Waals surface area contributed by atoms with Gasteiger partial charge in [-0.1, -0.05) is 19.9 Å². The minimum absolute atomic E-state index is 0.0618. The van der Waals surface area contributed by atoms with Crippen molar-refractivity contribution < 1.29 is 9.84 Å². The van der Waals surface area contributed by atoms with Crippen LogP contribution in [0.2, 0.25) is 0 Å². The van der Waals surface area contributed by atoms with Crippen LogP contribution in [0, 0.1) is 0 Å². The SMILES string of the molecule is CCN(CC)CCNC(CO)c1ccc(OC)nc1. The maximum absolute atomic E-state index is 9.45. The fraction of sp³-hybridized carbons (Fsp3) is 0.643. The Balaban J connectivity index is 2.48. The quantitative estimate of drug-likeness (QED) is 0.700. The van der Waals surface area contributed by atoms with Gasteiger partial charge in [0.05, 0.1) is 19.8 Å². The Morgan fingerprint density at radius 3 is 2.58 bits per heavy atom. The van der Waals surface area contributed by atoms with Crippen molar-refractivity contribution in [2.24, 2.45) is 0 Å². The van der Waals surface area contributed by atoms with Gasteiger partial charge in [0, 0.05) is 25.4 Å². The van der Waals surface area contributed by atoms with Crippen molar-refractivity contribution in [2.75, 3.05) is 39.9 Å². The molecule has 1 atom stereocenters. The molecular formula is C14H25N3O2. The van der Waals surface area contributed by atoms with Crippen LogP contribution in [0.3, 0.4) is 0 Å². The van der Waals surface area contributed by atoms with Crippen LogP contribution < -0.4 is 10.1 Å². The minimum Gasteiger partial charge on any atom is -0.481 e. The number of aliphatic hydroxyl groups excluding tert-OH is 1. The summed E-state index contributed by atoms with van der Waals surface area (Å²) in [6.07, 6.45) is 1.74. The van der Waals surface area contributed by atoms with E-state index < -0.39 is 0 Å². The van der Waals surface area contributed by atoms with Crippen molar-refractivity contribution in [1.29, 1.82) is 0 Å². The largest absolute Gasteiger partial charge is 0.481 e. The van der Waals surface area contributed by atoms with Gasteiger partial charge in [-0.15, -0.1) is 0 Å². The molecule has 0 saturated heterocycles. The number of nitrogens with zero attached hydrogens (tertiary/aromatic N) is 2. The Hall–Kier alpha value is -1.17. The van der Waals surface area contributed by atoms with Crippen molar-refractivity contribution in [1.82, 2.24) is 15.2 Å². The zero-order valence-electron chi connectivity index (χ0n) is 12.1. The number of pyridine rings is 1. The third kappa shape index (κ3) is 5.14. The minimum atomic E-state index is -0.0750. The van der Waals surface area contributed by atoms with Gasteiger partial charge in [0.15, 0.2) is 0 Å². The van der Waals surface area contributed by atoms with Crippen LogP contribution in [0.25, 0.3) is 0 Å². The molecule has 2 N–H and O–H groups in total. The number of nitrogens with one attached hydrogen (secondary N) is 1. The molecule has 0 spiro atoms. The van der Waals surface area contributed by atoms with Crippen LogP contribution in [0.1, 0.15) is 25.5 Å². The molecule has 0 fully saturated rings. The average molecular weight is 267 g/mol. The van der Waals surface area contributed by atoms with Crippen LogP contribution in [0.15, 0.2) is 18.3 Å². The molecule has 0 saturated carbocycles. The lowest BCUT2D eigenvalue weighted by Gasteiger charge is -2.21. The summed E-state index contributed by atoms with van der Waals surface area (Å²) in [6.45, 7) is 8.29. The smallest absolute Gasteiger partial charge is 0.212 e. The zero-order valence-corrected chi connectivity index (χ0v) is 12.1. The first-order valence-corrected chi connectivity index (χ1v) is 6.81. The van der Waals surface area contributed by atoms with Crippen LogP contribution in [0.4, 0.5) is 0 Å². The predicted octanol–water partition coefficient (Wildman–Crippen LogP) is 1.05. The predicted molar refractivity (Wildman–Crippen MR) is 76.4 cm³/mol. The summed E-state index contributed by atoms with van der Waals surface area (Å²) in [5.74, 6) is 0.587. The Kier molecular flexibility index (Phi) is 7.40. The molecule has 19 heavy (non-hydrogen) atoms. The number of hydrogen-bond acceptors (Lipinski definition) is 5. The monoisotopic (exact) mass is 267 g/mol. The molecule has 0 bridgehead atoms. The summed E-state index contributed by atoms with van der Waals surface area (Å²) in [7, 11) is 1.59. The first-order chi connectivity index (χ1) is 9.24. The maximum Gasteiger partial charge on any atom is 0.212 e. The van der Waals surface area contributed by atoms with Crippen molar-refractivity contribution in [3.63, 3.8) is 0 Å². The summed E-state index contributed by atoms with van der Waals surface area (Å²) in [6, 6.07) is 3.66. The second-order valence-corrected chi connectivity index (χ2v) is 4.35. The number of aromatic nitrogens is 1. The van der Waals surface area contributed by atoms with Gasteiger partial charge in [0.25, 0.3) is 0 Å². The molecule has 0 aliphatic carbocycles.